The van der Waals surface area contributed by atoms with Gasteiger partial charge in [0, 0.05) is 16.8 Å². The fourth-order valence-corrected chi connectivity index (χ4v) is 3.06. The number of benzene rings is 1. The van der Waals surface area contributed by atoms with Gasteiger partial charge in [-0.15, -0.1) is 11.3 Å². The van der Waals surface area contributed by atoms with Crippen molar-refractivity contribution in [1.29, 1.82) is 0 Å². The first-order valence-corrected chi connectivity index (χ1v) is 7.47. The van der Waals surface area contributed by atoms with E-state index in [1.54, 1.807) is 16.2 Å². The molecule has 106 valence electrons. The van der Waals surface area contributed by atoms with Crippen LogP contribution in [0.25, 0.3) is 0 Å². The molecule has 3 nitrogen and oxygen atoms in total. The van der Waals surface area contributed by atoms with Gasteiger partial charge in [-0.1, -0.05) is 30.3 Å². The van der Waals surface area contributed by atoms with E-state index in [1.165, 1.54) is 9.75 Å². The molecule has 0 spiro atoms. The molecule has 20 heavy (non-hydrogen) atoms. The molecule has 2 rings (SSSR count). The molecule has 0 radical (unpaired) electrons. The third-order valence-electron chi connectivity index (χ3n) is 3.18. The molecule has 1 aromatic carbocycles. The normalized spacial score (nSPS) is 12.2. The molecule has 0 aliphatic carbocycles. The lowest BCUT2D eigenvalue weighted by Crippen LogP contribution is -2.42. The number of hydrogen-bond acceptors (Lipinski definition) is 3. The Hall–Kier alpha value is -1.65. The number of carbonyl (C=O) groups is 1. The van der Waals surface area contributed by atoms with Gasteiger partial charge in [0.05, 0.1) is 12.6 Å². The molecule has 2 N–H and O–H groups in total. The molecule has 0 aliphatic heterocycles. The Labute approximate surface area is 124 Å². The van der Waals surface area contributed by atoms with Gasteiger partial charge in [0.2, 0.25) is 5.91 Å². The largest absolute Gasteiger partial charge is 0.339 e. The van der Waals surface area contributed by atoms with Crippen molar-refractivity contribution in [3.8, 4) is 0 Å². The molecule has 0 bridgehead atoms. The fraction of sp³-hybridized carbons (Fsp3) is 0.312. The second-order valence-corrected chi connectivity index (χ2v) is 6.38. The molecule has 1 aromatic heterocycles. The van der Waals surface area contributed by atoms with E-state index in [4.69, 9.17) is 5.73 Å². The van der Waals surface area contributed by atoms with Crippen LogP contribution in [0.4, 0.5) is 0 Å². The van der Waals surface area contributed by atoms with Gasteiger partial charge in [-0.2, -0.15) is 0 Å². The number of hydrogen-bond donors (Lipinski definition) is 1. The Bertz CT molecular complexity index is 565. The number of aryl methyl sites for hydroxylation is 1. The van der Waals surface area contributed by atoms with Gasteiger partial charge in [0.1, 0.15) is 0 Å². The molecule has 1 heterocycles. The van der Waals surface area contributed by atoms with Crippen molar-refractivity contribution in [3.63, 3.8) is 0 Å². The van der Waals surface area contributed by atoms with Gasteiger partial charge < -0.3 is 10.6 Å². The first-order chi connectivity index (χ1) is 9.56. The zero-order valence-electron chi connectivity index (χ0n) is 11.9. The summed E-state index contributed by atoms with van der Waals surface area (Å²) in [6, 6.07) is 13.5. The second-order valence-electron chi connectivity index (χ2n) is 5.00. The molecule has 1 amide bonds. The molecule has 4 heteroatoms. The highest BCUT2D eigenvalue weighted by Crippen LogP contribution is 2.17. The molecule has 1 atom stereocenters. The number of nitrogens with two attached hydrogens (primary N) is 1. The zero-order chi connectivity index (χ0) is 14.5. The lowest BCUT2D eigenvalue weighted by molar-refractivity contribution is -0.131. The molecule has 1 unspecified atom stereocenters. The first kappa shape index (κ1) is 14.8. The number of thiophene rings is 1. The highest BCUT2D eigenvalue weighted by atomic mass is 32.1. The van der Waals surface area contributed by atoms with Crippen molar-refractivity contribution in [1.82, 2.24) is 4.90 Å². The summed E-state index contributed by atoms with van der Waals surface area (Å²) < 4.78 is 0. The minimum atomic E-state index is -0.483. The number of amides is 1. The van der Waals surface area contributed by atoms with E-state index >= 15 is 0 Å². The van der Waals surface area contributed by atoms with Crippen molar-refractivity contribution >= 4 is 17.2 Å². The van der Waals surface area contributed by atoms with Crippen LogP contribution in [-0.2, 0) is 17.8 Å². The van der Waals surface area contributed by atoms with Crippen LogP contribution in [0.2, 0.25) is 0 Å². The van der Waals surface area contributed by atoms with Crippen LogP contribution >= 0.6 is 11.3 Å². The maximum atomic E-state index is 12.3. The van der Waals surface area contributed by atoms with E-state index < -0.39 is 6.04 Å². The van der Waals surface area contributed by atoms with Gasteiger partial charge in [-0.25, -0.2) is 0 Å². The van der Waals surface area contributed by atoms with Crippen LogP contribution in [-0.4, -0.2) is 23.9 Å². The predicted molar refractivity (Wildman–Crippen MR) is 83.7 cm³/mol. The number of rotatable bonds is 5. The highest BCUT2D eigenvalue weighted by Gasteiger charge is 2.18. The van der Waals surface area contributed by atoms with Crippen LogP contribution in [0.15, 0.2) is 42.5 Å². The van der Waals surface area contributed by atoms with Crippen molar-refractivity contribution in [2.24, 2.45) is 5.73 Å². The van der Waals surface area contributed by atoms with Gasteiger partial charge in [0.15, 0.2) is 0 Å². The maximum Gasteiger partial charge on any atom is 0.239 e. The number of likely N-dealkylation sites (N-methyl/N-ethyl adjacent to an activating group) is 1. The van der Waals surface area contributed by atoms with Crippen molar-refractivity contribution < 1.29 is 4.79 Å². The third-order valence-corrected chi connectivity index (χ3v) is 4.17. The van der Waals surface area contributed by atoms with Crippen LogP contribution in [0.3, 0.4) is 0 Å². The van der Waals surface area contributed by atoms with E-state index in [0.717, 1.165) is 5.56 Å². The van der Waals surface area contributed by atoms with E-state index in [0.29, 0.717) is 13.0 Å². The quantitative estimate of drug-likeness (QED) is 0.919. The topological polar surface area (TPSA) is 46.3 Å². The monoisotopic (exact) mass is 288 g/mol. The van der Waals surface area contributed by atoms with Crippen molar-refractivity contribution in [2.75, 3.05) is 7.05 Å². The van der Waals surface area contributed by atoms with Gasteiger partial charge in [-0.05, 0) is 31.0 Å². The summed E-state index contributed by atoms with van der Waals surface area (Å²) in [6.07, 6.45) is 0.577. The first-order valence-electron chi connectivity index (χ1n) is 6.66. The van der Waals surface area contributed by atoms with E-state index in [1.807, 2.05) is 37.4 Å². The molecular weight excluding hydrogens is 268 g/mol. The Morgan fingerprint density at radius 3 is 2.55 bits per heavy atom. The molecular formula is C16H20N2OS. The zero-order valence-corrected chi connectivity index (χ0v) is 12.7. The summed E-state index contributed by atoms with van der Waals surface area (Å²) in [4.78, 5) is 16.4. The fourth-order valence-electron chi connectivity index (χ4n) is 2.12. The molecule has 0 saturated heterocycles. The van der Waals surface area contributed by atoms with Crippen LogP contribution in [0.1, 0.15) is 15.3 Å². The third kappa shape index (κ3) is 3.92. The maximum absolute atomic E-state index is 12.3. The Balaban J connectivity index is 1.92. The number of nitrogens with zero attached hydrogens (tertiary/aromatic N) is 1. The summed E-state index contributed by atoms with van der Waals surface area (Å²) in [5, 5.41) is 0. The molecule has 0 aliphatic rings. The predicted octanol–water partition coefficient (Wildman–Crippen LogP) is 2.58. The Kier molecular flexibility index (Phi) is 4.93. The lowest BCUT2D eigenvalue weighted by atomic mass is 10.1. The second kappa shape index (κ2) is 6.68. The average Bonchev–Trinajstić information content (AvgIpc) is 2.84. The smallest absolute Gasteiger partial charge is 0.239 e. The summed E-state index contributed by atoms with van der Waals surface area (Å²) in [5.41, 5.74) is 7.11. The molecule has 0 fully saturated rings. The van der Waals surface area contributed by atoms with E-state index in [9.17, 15) is 4.79 Å². The highest BCUT2D eigenvalue weighted by molar-refractivity contribution is 7.11. The lowest BCUT2D eigenvalue weighted by Gasteiger charge is -2.20. The molecule has 0 saturated carbocycles. The standard InChI is InChI=1S/C16H20N2OS/c1-12-8-9-14(20-12)11-18(2)16(19)15(17)10-13-6-4-3-5-7-13/h3-9,15H,10-11,17H2,1-2H3. The summed E-state index contributed by atoms with van der Waals surface area (Å²) in [6.45, 7) is 2.69. The minimum absolute atomic E-state index is 0.0140. The van der Waals surface area contributed by atoms with Crippen LogP contribution < -0.4 is 5.73 Å². The van der Waals surface area contributed by atoms with Gasteiger partial charge in [0.25, 0.3) is 0 Å². The SMILES string of the molecule is Cc1ccc(CN(C)C(=O)C(N)Cc2ccccc2)s1. The summed E-state index contributed by atoms with van der Waals surface area (Å²) >= 11 is 1.71. The summed E-state index contributed by atoms with van der Waals surface area (Å²) in [7, 11) is 1.81. The van der Waals surface area contributed by atoms with E-state index in [2.05, 4.69) is 19.1 Å². The van der Waals surface area contributed by atoms with Gasteiger partial charge >= 0.3 is 0 Å². The Morgan fingerprint density at radius 2 is 1.95 bits per heavy atom. The van der Waals surface area contributed by atoms with Crippen LogP contribution in [0, 0.1) is 6.92 Å². The number of carbonyl (C=O) groups excluding carboxylic acids is 1. The molecule has 2 aromatic rings. The van der Waals surface area contributed by atoms with E-state index in [-0.39, 0.29) is 5.91 Å². The van der Waals surface area contributed by atoms with Crippen molar-refractivity contribution in [2.45, 2.75) is 25.9 Å². The van der Waals surface area contributed by atoms with Crippen molar-refractivity contribution in [3.05, 3.63) is 57.8 Å². The van der Waals surface area contributed by atoms with Crippen LogP contribution in [0.5, 0.6) is 0 Å². The average molecular weight is 288 g/mol. The summed E-state index contributed by atoms with van der Waals surface area (Å²) in [5.74, 6) is -0.0140. The minimum Gasteiger partial charge on any atom is -0.339 e. The Morgan fingerprint density at radius 1 is 1.25 bits per heavy atom. The van der Waals surface area contributed by atoms with Gasteiger partial charge in [-0.3, -0.25) is 4.79 Å².